The zero-order valence-electron chi connectivity index (χ0n) is 13.8. The first-order valence-corrected chi connectivity index (χ1v) is 9.16. The number of primary sulfonamides is 1. The molecule has 26 heavy (non-hydrogen) atoms. The maximum absolute atomic E-state index is 12.4. The number of rotatable bonds is 5. The molecule has 134 valence electrons. The molecule has 0 aliphatic carbocycles. The van der Waals surface area contributed by atoms with Gasteiger partial charge in [0, 0.05) is 0 Å². The van der Waals surface area contributed by atoms with Crippen LogP contribution in [-0.4, -0.2) is 26.5 Å². The molecule has 3 aromatic rings. The number of nitrogens with zero attached hydrogens (tertiary/aromatic N) is 1. The summed E-state index contributed by atoms with van der Waals surface area (Å²) in [6, 6.07) is 13.3. The number of ether oxygens (including phenoxy) is 1. The monoisotopic (exact) mass is 372 g/mol. The number of carbonyl (C=O) groups is 1. The van der Waals surface area contributed by atoms with Gasteiger partial charge in [-0.2, -0.15) is 0 Å². The molecule has 2 N–H and O–H groups in total. The van der Waals surface area contributed by atoms with E-state index in [9.17, 15) is 13.2 Å². The highest BCUT2D eigenvalue weighted by Gasteiger charge is 2.30. The zero-order valence-corrected chi connectivity index (χ0v) is 14.6. The second-order valence-electron chi connectivity index (χ2n) is 5.48. The number of hydrogen-bond donors (Lipinski definition) is 1. The molecule has 0 saturated heterocycles. The van der Waals surface area contributed by atoms with Crippen LogP contribution in [0.15, 0.2) is 70.3 Å². The lowest BCUT2D eigenvalue weighted by Crippen LogP contribution is -2.17. The number of sulfonamides is 1. The molecule has 1 atom stereocenters. The summed E-state index contributed by atoms with van der Waals surface area (Å²) in [7, 11) is -2.49. The van der Waals surface area contributed by atoms with Gasteiger partial charge in [-0.05, 0) is 28.8 Å². The van der Waals surface area contributed by atoms with Crippen molar-refractivity contribution in [3.05, 3.63) is 72.4 Å². The van der Waals surface area contributed by atoms with Crippen molar-refractivity contribution in [1.29, 1.82) is 0 Å². The Morgan fingerprint density at radius 2 is 1.85 bits per heavy atom. The summed E-state index contributed by atoms with van der Waals surface area (Å²) >= 11 is 0. The van der Waals surface area contributed by atoms with E-state index in [2.05, 4.69) is 4.98 Å². The van der Waals surface area contributed by atoms with Gasteiger partial charge in [-0.25, -0.2) is 18.5 Å². The van der Waals surface area contributed by atoms with E-state index in [0.717, 1.165) is 5.56 Å². The van der Waals surface area contributed by atoms with Gasteiger partial charge in [0.05, 0.1) is 18.2 Å². The molecule has 2 aromatic carbocycles. The topological polar surface area (TPSA) is 112 Å². The lowest BCUT2D eigenvalue weighted by molar-refractivity contribution is -0.141. The smallest absolute Gasteiger partial charge is 0.322 e. The average molecular weight is 372 g/mol. The fourth-order valence-electron chi connectivity index (χ4n) is 2.69. The third kappa shape index (κ3) is 3.51. The number of nitrogens with two attached hydrogens (primary N) is 1. The van der Waals surface area contributed by atoms with Gasteiger partial charge in [0.1, 0.15) is 6.26 Å². The van der Waals surface area contributed by atoms with Crippen LogP contribution >= 0.6 is 0 Å². The molecule has 0 amide bonds. The Hall–Kier alpha value is -2.97. The third-order valence-corrected chi connectivity index (χ3v) is 4.83. The Labute approximate surface area is 150 Å². The predicted octanol–water partition coefficient (Wildman–Crippen LogP) is 2.29. The van der Waals surface area contributed by atoms with Crippen molar-refractivity contribution in [2.24, 2.45) is 5.14 Å². The Morgan fingerprint density at radius 1 is 1.15 bits per heavy atom. The number of carbonyl (C=O) groups excluding carboxylic acids is 1. The van der Waals surface area contributed by atoms with E-state index in [0.29, 0.717) is 11.1 Å². The Kier molecular flexibility index (Phi) is 4.88. The molecule has 1 unspecified atom stereocenters. The maximum atomic E-state index is 12.4. The molecule has 0 bridgehead atoms. The highest BCUT2D eigenvalue weighted by atomic mass is 32.2. The van der Waals surface area contributed by atoms with Crippen LogP contribution < -0.4 is 5.14 Å². The number of esters is 1. The average Bonchev–Trinajstić information content (AvgIpc) is 3.16. The lowest BCUT2D eigenvalue weighted by atomic mass is 9.90. The van der Waals surface area contributed by atoms with Crippen LogP contribution in [0.5, 0.6) is 0 Å². The molecular formula is C18H16N2O5S. The molecule has 1 aromatic heterocycles. The van der Waals surface area contributed by atoms with Gasteiger partial charge in [-0.3, -0.25) is 4.79 Å². The van der Waals surface area contributed by atoms with E-state index in [1.54, 1.807) is 24.3 Å². The van der Waals surface area contributed by atoms with Crippen LogP contribution in [0.1, 0.15) is 17.4 Å². The maximum Gasteiger partial charge on any atom is 0.322 e. The van der Waals surface area contributed by atoms with Crippen LogP contribution in [0.4, 0.5) is 0 Å². The largest absolute Gasteiger partial charge is 0.468 e. The van der Waals surface area contributed by atoms with Crippen molar-refractivity contribution >= 4 is 16.0 Å². The van der Waals surface area contributed by atoms with Crippen molar-refractivity contribution in [2.75, 3.05) is 7.11 Å². The standard InChI is InChI=1S/C18H16N2O5S/c1-24-18(21)16(17-20-10-11-25-17)15-5-3-2-4-14(15)12-6-8-13(9-7-12)26(19,22)23/h2-11,16H,1H3,(H2,19,22,23). The fraction of sp³-hybridized carbons (Fsp3) is 0.111. The highest BCUT2D eigenvalue weighted by molar-refractivity contribution is 7.89. The molecule has 0 radical (unpaired) electrons. The summed E-state index contributed by atoms with van der Waals surface area (Å²) in [4.78, 5) is 16.5. The number of methoxy groups -OCH3 is 1. The van der Waals surface area contributed by atoms with Crippen molar-refractivity contribution < 1.29 is 22.4 Å². The van der Waals surface area contributed by atoms with Crippen LogP contribution in [0.3, 0.4) is 0 Å². The minimum absolute atomic E-state index is 0.0101. The first kappa shape index (κ1) is 17.8. The van der Waals surface area contributed by atoms with E-state index in [1.807, 2.05) is 12.1 Å². The minimum Gasteiger partial charge on any atom is -0.468 e. The first-order valence-electron chi connectivity index (χ1n) is 7.61. The molecule has 0 aliphatic rings. The van der Waals surface area contributed by atoms with Gasteiger partial charge in [0.15, 0.2) is 5.92 Å². The van der Waals surface area contributed by atoms with Gasteiger partial charge < -0.3 is 9.15 Å². The van der Waals surface area contributed by atoms with Gasteiger partial charge >= 0.3 is 5.97 Å². The van der Waals surface area contributed by atoms with Gasteiger partial charge in [-0.15, -0.1) is 0 Å². The molecule has 0 saturated carbocycles. The third-order valence-electron chi connectivity index (χ3n) is 3.90. The minimum atomic E-state index is -3.78. The lowest BCUT2D eigenvalue weighted by Gasteiger charge is -2.16. The molecule has 0 fully saturated rings. The SMILES string of the molecule is COC(=O)C(c1ncco1)c1ccccc1-c1ccc(S(N)(=O)=O)cc1. The summed E-state index contributed by atoms with van der Waals surface area (Å²) in [5.74, 6) is -1.14. The summed E-state index contributed by atoms with van der Waals surface area (Å²) in [6.07, 6.45) is 2.84. The predicted molar refractivity (Wildman–Crippen MR) is 93.6 cm³/mol. The summed E-state index contributed by atoms with van der Waals surface area (Å²) < 4.78 is 33.1. The molecule has 3 rings (SSSR count). The summed E-state index contributed by atoms with van der Waals surface area (Å²) in [5, 5.41) is 5.14. The van der Waals surface area contributed by atoms with Gasteiger partial charge in [-0.1, -0.05) is 36.4 Å². The Balaban J connectivity index is 2.12. The molecule has 1 heterocycles. The number of benzene rings is 2. The Morgan fingerprint density at radius 3 is 2.42 bits per heavy atom. The normalized spacial score (nSPS) is 12.5. The van der Waals surface area contributed by atoms with Crippen LogP contribution in [0, 0.1) is 0 Å². The molecule has 8 heteroatoms. The van der Waals surface area contributed by atoms with E-state index in [1.165, 1.54) is 31.7 Å². The molecular weight excluding hydrogens is 356 g/mol. The van der Waals surface area contributed by atoms with Crippen LogP contribution in [-0.2, 0) is 19.6 Å². The summed E-state index contributed by atoms with van der Waals surface area (Å²) in [5.41, 5.74) is 2.07. The molecule has 0 aliphatic heterocycles. The van der Waals surface area contributed by atoms with Crippen molar-refractivity contribution in [1.82, 2.24) is 4.98 Å². The number of aromatic nitrogens is 1. The quantitative estimate of drug-likeness (QED) is 0.688. The summed E-state index contributed by atoms with van der Waals surface area (Å²) in [6.45, 7) is 0. The van der Waals surface area contributed by atoms with Crippen molar-refractivity contribution in [2.45, 2.75) is 10.8 Å². The zero-order chi connectivity index (χ0) is 18.7. The number of hydrogen-bond acceptors (Lipinski definition) is 6. The fourth-order valence-corrected chi connectivity index (χ4v) is 3.21. The second kappa shape index (κ2) is 7.11. The second-order valence-corrected chi connectivity index (χ2v) is 7.04. The van der Waals surface area contributed by atoms with Gasteiger partial charge in [0.25, 0.3) is 0 Å². The van der Waals surface area contributed by atoms with Gasteiger partial charge in [0.2, 0.25) is 15.9 Å². The van der Waals surface area contributed by atoms with E-state index >= 15 is 0 Å². The first-order chi connectivity index (χ1) is 12.4. The Bertz CT molecular complexity index is 1010. The van der Waals surface area contributed by atoms with E-state index in [-0.39, 0.29) is 10.8 Å². The van der Waals surface area contributed by atoms with E-state index in [4.69, 9.17) is 14.3 Å². The van der Waals surface area contributed by atoms with Crippen LogP contribution in [0.25, 0.3) is 11.1 Å². The molecule has 7 nitrogen and oxygen atoms in total. The van der Waals surface area contributed by atoms with Crippen molar-refractivity contribution in [3.8, 4) is 11.1 Å². The number of oxazole rings is 1. The highest BCUT2D eigenvalue weighted by Crippen LogP contribution is 2.34. The van der Waals surface area contributed by atoms with Crippen molar-refractivity contribution in [3.63, 3.8) is 0 Å². The van der Waals surface area contributed by atoms with E-state index < -0.39 is 21.9 Å². The molecule has 0 spiro atoms. The van der Waals surface area contributed by atoms with Crippen LogP contribution in [0.2, 0.25) is 0 Å².